The van der Waals surface area contributed by atoms with E-state index in [9.17, 15) is 9.59 Å². The first kappa shape index (κ1) is 14.9. The Hall–Kier alpha value is -1.11. The van der Waals surface area contributed by atoms with Gasteiger partial charge in [-0.1, -0.05) is 11.6 Å². The number of rotatable bonds is 4. The summed E-state index contributed by atoms with van der Waals surface area (Å²) in [5, 5.41) is 2.92. The summed E-state index contributed by atoms with van der Waals surface area (Å²) in [6.45, 7) is 1.81. The van der Waals surface area contributed by atoms with Crippen LogP contribution in [0.1, 0.15) is 6.92 Å². The van der Waals surface area contributed by atoms with Gasteiger partial charge in [0, 0.05) is 10.2 Å². The van der Waals surface area contributed by atoms with Crippen LogP contribution in [0.3, 0.4) is 0 Å². The van der Waals surface area contributed by atoms with Crippen molar-refractivity contribution in [2.45, 2.75) is 13.0 Å². The number of carbonyl (C=O) groups excluding carboxylic acids is 2. The summed E-state index contributed by atoms with van der Waals surface area (Å²) in [7, 11) is 0. The average molecular weight is 336 g/mol. The fraction of sp³-hybridized carbons (Fsp3) is 0.273. The lowest BCUT2D eigenvalue weighted by molar-refractivity contribution is -0.146. The highest BCUT2D eigenvalue weighted by molar-refractivity contribution is 9.10. The topological polar surface area (TPSA) is 81.4 Å². The quantitative estimate of drug-likeness (QED) is 0.651. The second-order valence-electron chi connectivity index (χ2n) is 3.35. The highest BCUT2D eigenvalue weighted by Gasteiger charge is 2.23. The van der Waals surface area contributed by atoms with E-state index in [1.54, 1.807) is 25.1 Å². The Morgan fingerprint density at radius 2 is 2.22 bits per heavy atom. The lowest BCUT2D eigenvalue weighted by Crippen LogP contribution is -2.43. The number of hydrogen-bond acceptors (Lipinski definition) is 4. The standard InChI is InChI=1S/C11H12BrClN2O3/c1-2-18-11(17)9(14)10(16)15-6-3-4-7(12)8(13)5-6/h3-5,9H,2,14H2,1H3,(H,15,16). The molecule has 1 rings (SSSR count). The molecule has 0 aliphatic carbocycles. The molecule has 0 saturated heterocycles. The summed E-state index contributed by atoms with van der Waals surface area (Å²) in [6, 6.07) is 3.49. The Morgan fingerprint density at radius 1 is 1.56 bits per heavy atom. The zero-order chi connectivity index (χ0) is 13.7. The maximum Gasteiger partial charge on any atom is 0.332 e. The highest BCUT2D eigenvalue weighted by Crippen LogP contribution is 2.25. The van der Waals surface area contributed by atoms with Crippen molar-refractivity contribution in [1.82, 2.24) is 0 Å². The van der Waals surface area contributed by atoms with Gasteiger partial charge in [0.1, 0.15) is 0 Å². The number of ether oxygens (including phenoxy) is 1. The molecule has 1 aromatic rings. The minimum atomic E-state index is -1.35. The molecular formula is C11H12BrClN2O3. The van der Waals surface area contributed by atoms with Crippen LogP contribution in [-0.4, -0.2) is 24.5 Å². The van der Waals surface area contributed by atoms with Crippen LogP contribution in [0.25, 0.3) is 0 Å². The lowest BCUT2D eigenvalue weighted by atomic mass is 10.2. The predicted octanol–water partition coefficient (Wildman–Crippen LogP) is 1.93. The van der Waals surface area contributed by atoms with Crippen molar-refractivity contribution >= 4 is 45.1 Å². The van der Waals surface area contributed by atoms with E-state index in [2.05, 4.69) is 26.0 Å². The van der Waals surface area contributed by atoms with Gasteiger partial charge < -0.3 is 15.8 Å². The van der Waals surface area contributed by atoms with Crippen LogP contribution >= 0.6 is 27.5 Å². The van der Waals surface area contributed by atoms with Gasteiger partial charge in [0.25, 0.3) is 5.91 Å². The smallest absolute Gasteiger partial charge is 0.332 e. The number of benzene rings is 1. The van der Waals surface area contributed by atoms with Crippen molar-refractivity contribution < 1.29 is 14.3 Å². The molecule has 1 unspecified atom stereocenters. The summed E-state index contributed by atoms with van der Waals surface area (Å²) in [4.78, 5) is 22.9. The lowest BCUT2D eigenvalue weighted by Gasteiger charge is -2.11. The van der Waals surface area contributed by atoms with Gasteiger partial charge in [-0.15, -0.1) is 0 Å². The van der Waals surface area contributed by atoms with Crippen molar-refractivity contribution in [2.75, 3.05) is 11.9 Å². The van der Waals surface area contributed by atoms with E-state index in [0.29, 0.717) is 15.2 Å². The molecule has 7 heteroatoms. The summed E-state index contributed by atoms with van der Waals surface area (Å²) < 4.78 is 5.35. The SMILES string of the molecule is CCOC(=O)C(N)C(=O)Nc1ccc(Br)c(Cl)c1. The van der Waals surface area contributed by atoms with Gasteiger partial charge in [-0.3, -0.25) is 4.79 Å². The van der Waals surface area contributed by atoms with Crippen LogP contribution in [0, 0.1) is 0 Å². The number of carbonyl (C=O) groups is 2. The van der Waals surface area contributed by atoms with E-state index >= 15 is 0 Å². The van der Waals surface area contributed by atoms with E-state index in [1.165, 1.54) is 0 Å². The molecule has 98 valence electrons. The van der Waals surface area contributed by atoms with Crippen molar-refractivity contribution in [2.24, 2.45) is 5.73 Å². The van der Waals surface area contributed by atoms with Crippen LogP contribution in [0.5, 0.6) is 0 Å². The largest absolute Gasteiger partial charge is 0.464 e. The first-order chi connectivity index (χ1) is 8.45. The van der Waals surface area contributed by atoms with E-state index in [-0.39, 0.29) is 6.61 Å². The minimum Gasteiger partial charge on any atom is -0.464 e. The van der Waals surface area contributed by atoms with Crippen LogP contribution in [-0.2, 0) is 14.3 Å². The molecule has 18 heavy (non-hydrogen) atoms. The molecule has 0 aliphatic heterocycles. The Labute approximate surface area is 118 Å². The molecule has 1 aromatic carbocycles. The number of halogens is 2. The highest BCUT2D eigenvalue weighted by atomic mass is 79.9. The molecular weight excluding hydrogens is 323 g/mol. The van der Waals surface area contributed by atoms with E-state index in [4.69, 9.17) is 17.3 Å². The number of amides is 1. The Bertz CT molecular complexity index is 468. The van der Waals surface area contributed by atoms with Gasteiger partial charge in [0.15, 0.2) is 6.04 Å². The van der Waals surface area contributed by atoms with E-state index in [1.807, 2.05) is 0 Å². The molecule has 0 radical (unpaired) electrons. The van der Waals surface area contributed by atoms with Crippen molar-refractivity contribution in [3.8, 4) is 0 Å². The minimum absolute atomic E-state index is 0.171. The fourth-order valence-electron chi connectivity index (χ4n) is 1.13. The third kappa shape index (κ3) is 3.97. The van der Waals surface area contributed by atoms with Crippen LogP contribution in [0.4, 0.5) is 5.69 Å². The van der Waals surface area contributed by atoms with Crippen LogP contribution in [0.15, 0.2) is 22.7 Å². The first-order valence-corrected chi connectivity index (χ1v) is 6.31. The summed E-state index contributed by atoms with van der Waals surface area (Å²) in [6.07, 6.45) is 0. The second-order valence-corrected chi connectivity index (χ2v) is 4.61. The molecule has 0 aliphatic rings. The van der Waals surface area contributed by atoms with Crippen molar-refractivity contribution in [3.05, 3.63) is 27.7 Å². The van der Waals surface area contributed by atoms with Gasteiger partial charge in [-0.2, -0.15) is 0 Å². The van der Waals surface area contributed by atoms with Crippen LogP contribution in [0.2, 0.25) is 5.02 Å². The summed E-state index contributed by atoms with van der Waals surface area (Å²) in [5.41, 5.74) is 5.89. The van der Waals surface area contributed by atoms with Gasteiger partial charge in [-0.05, 0) is 41.1 Å². The first-order valence-electron chi connectivity index (χ1n) is 5.13. The molecule has 0 bridgehead atoms. The van der Waals surface area contributed by atoms with Gasteiger partial charge in [0.2, 0.25) is 0 Å². The molecule has 1 atom stereocenters. The molecule has 0 saturated carbocycles. The van der Waals surface area contributed by atoms with E-state index in [0.717, 1.165) is 0 Å². The second kappa shape index (κ2) is 6.72. The van der Waals surface area contributed by atoms with Crippen LogP contribution < -0.4 is 11.1 Å². The Morgan fingerprint density at radius 3 is 2.78 bits per heavy atom. The maximum absolute atomic E-state index is 11.6. The predicted molar refractivity (Wildman–Crippen MR) is 72.4 cm³/mol. The summed E-state index contributed by atoms with van der Waals surface area (Å²) >= 11 is 9.09. The van der Waals surface area contributed by atoms with Gasteiger partial charge in [0.05, 0.1) is 11.6 Å². The number of nitrogens with two attached hydrogens (primary N) is 1. The zero-order valence-electron chi connectivity index (χ0n) is 9.57. The third-order valence-electron chi connectivity index (χ3n) is 2.01. The Balaban J connectivity index is 2.69. The Kier molecular flexibility index (Phi) is 5.58. The maximum atomic E-state index is 11.6. The zero-order valence-corrected chi connectivity index (χ0v) is 11.9. The monoisotopic (exact) mass is 334 g/mol. The fourth-order valence-corrected chi connectivity index (χ4v) is 1.56. The van der Waals surface area contributed by atoms with Crippen molar-refractivity contribution in [1.29, 1.82) is 0 Å². The van der Waals surface area contributed by atoms with E-state index < -0.39 is 17.9 Å². The number of hydrogen-bond donors (Lipinski definition) is 2. The molecule has 0 spiro atoms. The molecule has 0 fully saturated rings. The average Bonchev–Trinajstić information content (AvgIpc) is 2.33. The third-order valence-corrected chi connectivity index (χ3v) is 3.24. The summed E-state index contributed by atoms with van der Waals surface area (Å²) in [5.74, 6) is -1.41. The van der Waals surface area contributed by atoms with Gasteiger partial charge in [-0.25, -0.2) is 4.79 Å². The molecule has 0 heterocycles. The molecule has 1 amide bonds. The normalized spacial score (nSPS) is 11.8. The number of esters is 1. The molecule has 3 N–H and O–H groups in total. The molecule has 5 nitrogen and oxygen atoms in total. The number of anilines is 1. The van der Waals surface area contributed by atoms with Crippen molar-refractivity contribution in [3.63, 3.8) is 0 Å². The van der Waals surface area contributed by atoms with Gasteiger partial charge >= 0.3 is 5.97 Å². The molecule has 0 aromatic heterocycles. The number of nitrogens with one attached hydrogen (secondary N) is 1.